The number of rotatable bonds is 3. The van der Waals surface area contributed by atoms with Crippen LogP contribution in [0, 0.1) is 6.92 Å². The molecule has 16 heavy (non-hydrogen) atoms. The van der Waals surface area contributed by atoms with Crippen LogP contribution in [0.25, 0.3) is 0 Å². The Kier molecular flexibility index (Phi) is 3.49. The first-order valence-corrected chi connectivity index (χ1v) is 6.22. The highest BCUT2D eigenvalue weighted by molar-refractivity contribution is 5.49. The third-order valence-corrected chi connectivity index (χ3v) is 3.66. The number of aromatic hydroxyl groups is 1. The highest BCUT2D eigenvalue weighted by Gasteiger charge is 2.16. The van der Waals surface area contributed by atoms with E-state index in [9.17, 15) is 5.11 Å². The van der Waals surface area contributed by atoms with Crippen LogP contribution in [0.2, 0.25) is 0 Å². The molecule has 0 atom stereocenters. The fourth-order valence-electron chi connectivity index (χ4n) is 2.71. The number of hydrogen-bond acceptors (Lipinski definition) is 2. The monoisotopic (exact) mass is 219 g/mol. The van der Waals surface area contributed by atoms with Crippen LogP contribution in [0.1, 0.15) is 35.1 Å². The van der Waals surface area contributed by atoms with Gasteiger partial charge in [0, 0.05) is 0 Å². The largest absolute Gasteiger partial charge is 0.508 e. The first-order chi connectivity index (χ1) is 7.74. The van der Waals surface area contributed by atoms with Gasteiger partial charge < -0.3 is 10.4 Å². The Bertz CT molecular complexity index is 385. The van der Waals surface area contributed by atoms with Crippen molar-refractivity contribution in [1.29, 1.82) is 0 Å². The summed E-state index contributed by atoms with van der Waals surface area (Å²) >= 11 is 0. The van der Waals surface area contributed by atoms with Crippen molar-refractivity contribution >= 4 is 0 Å². The molecule has 0 radical (unpaired) electrons. The van der Waals surface area contributed by atoms with Gasteiger partial charge in [-0.3, -0.25) is 0 Å². The van der Waals surface area contributed by atoms with Crippen LogP contribution in [-0.4, -0.2) is 18.7 Å². The molecular formula is C14H21NO. The van der Waals surface area contributed by atoms with E-state index in [0.717, 1.165) is 24.9 Å². The van der Waals surface area contributed by atoms with Gasteiger partial charge in [-0.15, -0.1) is 0 Å². The predicted octanol–water partition coefficient (Wildman–Crippen LogP) is 2.34. The van der Waals surface area contributed by atoms with Crippen LogP contribution >= 0.6 is 0 Å². The van der Waals surface area contributed by atoms with E-state index in [4.69, 9.17) is 0 Å². The lowest BCUT2D eigenvalue weighted by atomic mass is 9.85. The molecule has 1 aliphatic rings. The zero-order valence-electron chi connectivity index (χ0n) is 10.3. The average Bonchev–Trinajstić information content (AvgIpc) is 2.29. The molecule has 2 heteroatoms. The van der Waals surface area contributed by atoms with Crippen molar-refractivity contribution in [3.63, 3.8) is 0 Å². The Morgan fingerprint density at radius 2 is 2.06 bits per heavy atom. The van der Waals surface area contributed by atoms with Gasteiger partial charge in [-0.05, 0) is 80.9 Å². The number of hydrogen-bond donors (Lipinski definition) is 2. The van der Waals surface area contributed by atoms with Gasteiger partial charge in [0.25, 0.3) is 0 Å². The summed E-state index contributed by atoms with van der Waals surface area (Å²) in [5, 5.41) is 13.2. The van der Waals surface area contributed by atoms with Crippen LogP contribution < -0.4 is 5.32 Å². The molecule has 2 nitrogen and oxygen atoms in total. The molecule has 0 aromatic heterocycles. The fraction of sp³-hybridized carbons (Fsp3) is 0.571. The topological polar surface area (TPSA) is 32.3 Å². The van der Waals surface area contributed by atoms with Crippen molar-refractivity contribution in [3.8, 4) is 5.75 Å². The van der Waals surface area contributed by atoms with Gasteiger partial charge >= 0.3 is 0 Å². The summed E-state index contributed by atoms with van der Waals surface area (Å²) in [4.78, 5) is 0. The minimum Gasteiger partial charge on any atom is -0.508 e. The average molecular weight is 219 g/mol. The number of phenols is 1. The summed E-state index contributed by atoms with van der Waals surface area (Å²) in [6.45, 7) is 3.09. The van der Waals surface area contributed by atoms with E-state index in [-0.39, 0.29) is 0 Å². The third kappa shape index (κ3) is 2.07. The van der Waals surface area contributed by atoms with E-state index in [1.54, 1.807) is 0 Å². The summed E-state index contributed by atoms with van der Waals surface area (Å²) in [6, 6.07) is 1.99. The SMILES string of the molecule is CNCCc1c(O)cc2c(c1C)CCCC2. The standard InChI is InChI=1S/C14H21NO/c1-10-12-6-4-3-5-11(12)9-14(16)13(10)7-8-15-2/h9,15-16H,3-8H2,1-2H3. The lowest BCUT2D eigenvalue weighted by Gasteiger charge is -2.21. The second-order valence-electron chi connectivity index (χ2n) is 4.70. The van der Waals surface area contributed by atoms with Crippen LogP contribution in [-0.2, 0) is 19.3 Å². The molecule has 2 rings (SSSR count). The van der Waals surface area contributed by atoms with E-state index in [0.29, 0.717) is 5.75 Å². The first-order valence-electron chi connectivity index (χ1n) is 6.22. The van der Waals surface area contributed by atoms with Crippen LogP contribution in [0.15, 0.2) is 6.07 Å². The quantitative estimate of drug-likeness (QED) is 0.818. The van der Waals surface area contributed by atoms with Gasteiger partial charge in [0.15, 0.2) is 0 Å². The second kappa shape index (κ2) is 4.88. The summed E-state index contributed by atoms with van der Waals surface area (Å²) < 4.78 is 0. The van der Waals surface area contributed by atoms with Gasteiger partial charge in [-0.2, -0.15) is 0 Å². The van der Waals surface area contributed by atoms with Crippen molar-refractivity contribution < 1.29 is 5.11 Å². The Labute approximate surface area is 97.7 Å². The maximum atomic E-state index is 10.0. The van der Waals surface area contributed by atoms with Gasteiger partial charge in [0.2, 0.25) is 0 Å². The van der Waals surface area contributed by atoms with E-state index in [1.165, 1.54) is 36.0 Å². The Morgan fingerprint density at radius 3 is 2.81 bits per heavy atom. The van der Waals surface area contributed by atoms with Crippen LogP contribution in [0.4, 0.5) is 0 Å². The highest BCUT2D eigenvalue weighted by Crippen LogP contribution is 2.32. The van der Waals surface area contributed by atoms with Crippen molar-refractivity contribution in [2.75, 3.05) is 13.6 Å². The molecule has 0 bridgehead atoms. The maximum Gasteiger partial charge on any atom is 0.119 e. The zero-order chi connectivity index (χ0) is 11.5. The van der Waals surface area contributed by atoms with Gasteiger partial charge in [0.05, 0.1) is 0 Å². The molecule has 0 amide bonds. The zero-order valence-corrected chi connectivity index (χ0v) is 10.3. The molecule has 2 N–H and O–H groups in total. The van der Waals surface area contributed by atoms with Crippen LogP contribution in [0.3, 0.4) is 0 Å². The summed E-state index contributed by atoms with van der Waals surface area (Å²) in [5.74, 6) is 0.494. The lowest BCUT2D eigenvalue weighted by molar-refractivity contribution is 0.464. The van der Waals surface area contributed by atoms with Crippen molar-refractivity contribution in [2.24, 2.45) is 0 Å². The highest BCUT2D eigenvalue weighted by atomic mass is 16.3. The van der Waals surface area contributed by atoms with E-state index in [2.05, 4.69) is 12.2 Å². The number of benzene rings is 1. The molecule has 0 fully saturated rings. The van der Waals surface area contributed by atoms with Crippen molar-refractivity contribution in [2.45, 2.75) is 39.0 Å². The first kappa shape index (κ1) is 11.5. The third-order valence-electron chi connectivity index (χ3n) is 3.66. The normalized spacial score (nSPS) is 14.9. The summed E-state index contributed by atoms with van der Waals surface area (Å²) in [7, 11) is 1.95. The van der Waals surface area contributed by atoms with Crippen LogP contribution in [0.5, 0.6) is 5.75 Å². The number of fused-ring (bicyclic) bond motifs is 1. The number of aryl methyl sites for hydroxylation is 1. The molecule has 0 spiro atoms. The fourth-order valence-corrected chi connectivity index (χ4v) is 2.71. The maximum absolute atomic E-state index is 10.0. The second-order valence-corrected chi connectivity index (χ2v) is 4.70. The minimum atomic E-state index is 0.494. The van der Waals surface area contributed by atoms with Gasteiger partial charge in [0.1, 0.15) is 5.75 Å². The van der Waals surface area contributed by atoms with E-state index in [1.807, 2.05) is 13.1 Å². The Hall–Kier alpha value is -1.02. The molecule has 0 saturated heterocycles. The molecule has 0 aliphatic heterocycles. The summed E-state index contributed by atoms with van der Waals surface area (Å²) in [5.41, 5.74) is 5.32. The molecule has 1 aromatic carbocycles. The molecule has 0 heterocycles. The smallest absolute Gasteiger partial charge is 0.119 e. The Balaban J connectivity index is 2.37. The number of likely N-dealkylation sites (N-methyl/N-ethyl adjacent to an activating group) is 1. The molecule has 88 valence electrons. The molecule has 0 saturated carbocycles. The van der Waals surface area contributed by atoms with Gasteiger partial charge in [-0.1, -0.05) is 0 Å². The lowest BCUT2D eigenvalue weighted by Crippen LogP contribution is -2.13. The predicted molar refractivity (Wildman–Crippen MR) is 67.1 cm³/mol. The minimum absolute atomic E-state index is 0.494. The molecular weight excluding hydrogens is 198 g/mol. The number of nitrogens with one attached hydrogen (secondary N) is 1. The molecule has 1 aliphatic carbocycles. The van der Waals surface area contributed by atoms with Crippen molar-refractivity contribution in [3.05, 3.63) is 28.3 Å². The van der Waals surface area contributed by atoms with Crippen molar-refractivity contribution in [1.82, 2.24) is 5.32 Å². The van der Waals surface area contributed by atoms with E-state index < -0.39 is 0 Å². The summed E-state index contributed by atoms with van der Waals surface area (Å²) in [6.07, 6.45) is 5.80. The molecule has 0 unspecified atom stereocenters. The molecule has 1 aromatic rings. The number of phenolic OH excluding ortho intramolecular Hbond substituents is 1. The Morgan fingerprint density at radius 1 is 1.31 bits per heavy atom. The van der Waals surface area contributed by atoms with Gasteiger partial charge in [-0.25, -0.2) is 0 Å². The van der Waals surface area contributed by atoms with E-state index >= 15 is 0 Å².